The highest BCUT2D eigenvalue weighted by atomic mass is 35.5. The Hall–Kier alpha value is -1.03. The monoisotopic (exact) mass is 301 g/mol. The SMILES string of the molecule is CC(O)C(C)(C)NC(=O)/C=C/c1cccc(Cl)c1Cl. The van der Waals surface area contributed by atoms with Crippen LogP contribution in [-0.2, 0) is 4.79 Å². The molecule has 1 amide bonds. The minimum atomic E-state index is -0.695. The summed E-state index contributed by atoms with van der Waals surface area (Å²) in [5, 5.41) is 13.1. The Labute approximate surface area is 123 Å². The van der Waals surface area contributed by atoms with E-state index in [2.05, 4.69) is 5.32 Å². The number of hydrogen-bond acceptors (Lipinski definition) is 2. The summed E-state index contributed by atoms with van der Waals surface area (Å²) in [6.07, 6.45) is 2.29. The first-order valence-corrected chi connectivity index (χ1v) is 6.62. The van der Waals surface area contributed by atoms with Gasteiger partial charge in [0.15, 0.2) is 0 Å². The highest BCUT2D eigenvalue weighted by Gasteiger charge is 2.24. The van der Waals surface area contributed by atoms with Crippen molar-refractivity contribution in [1.29, 1.82) is 0 Å². The van der Waals surface area contributed by atoms with Crippen molar-refractivity contribution in [3.63, 3.8) is 0 Å². The van der Waals surface area contributed by atoms with Crippen molar-refractivity contribution in [3.05, 3.63) is 39.9 Å². The number of rotatable bonds is 4. The fraction of sp³-hybridized carbons (Fsp3) is 0.357. The first-order valence-electron chi connectivity index (χ1n) is 5.86. The van der Waals surface area contributed by atoms with Crippen molar-refractivity contribution in [1.82, 2.24) is 5.32 Å². The summed E-state index contributed by atoms with van der Waals surface area (Å²) in [5.74, 6) is -0.304. The molecule has 5 heteroatoms. The average Bonchev–Trinajstić information content (AvgIpc) is 2.30. The van der Waals surface area contributed by atoms with Gasteiger partial charge in [-0.1, -0.05) is 35.3 Å². The lowest BCUT2D eigenvalue weighted by Crippen LogP contribution is -2.50. The van der Waals surface area contributed by atoms with Gasteiger partial charge in [-0.15, -0.1) is 0 Å². The van der Waals surface area contributed by atoms with Crippen molar-refractivity contribution in [2.75, 3.05) is 0 Å². The van der Waals surface area contributed by atoms with Crippen LogP contribution in [0.4, 0.5) is 0 Å². The standard InChI is InChI=1S/C14H17Cl2NO2/c1-9(18)14(2,3)17-12(19)8-7-10-5-4-6-11(15)13(10)16/h4-9,18H,1-3H3,(H,17,19)/b8-7+. The molecule has 0 heterocycles. The van der Waals surface area contributed by atoms with Gasteiger partial charge in [-0.25, -0.2) is 0 Å². The van der Waals surface area contributed by atoms with Gasteiger partial charge in [-0.2, -0.15) is 0 Å². The summed E-state index contributed by atoms with van der Waals surface area (Å²) in [5.41, 5.74) is -0.0290. The second kappa shape index (κ2) is 6.42. The molecular formula is C14H17Cl2NO2. The van der Waals surface area contributed by atoms with Crippen LogP contribution in [-0.4, -0.2) is 22.7 Å². The normalized spacial score (nSPS) is 13.6. The first-order chi connectivity index (χ1) is 8.74. The fourth-order valence-corrected chi connectivity index (χ4v) is 1.65. The fourth-order valence-electron chi connectivity index (χ4n) is 1.28. The molecule has 3 nitrogen and oxygen atoms in total. The molecule has 104 valence electrons. The summed E-state index contributed by atoms with van der Waals surface area (Å²) in [6.45, 7) is 5.11. The molecule has 1 aromatic carbocycles. The molecule has 0 saturated heterocycles. The molecule has 0 aliphatic rings. The quantitative estimate of drug-likeness (QED) is 0.839. The van der Waals surface area contributed by atoms with Gasteiger partial charge >= 0.3 is 0 Å². The van der Waals surface area contributed by atoms with E-state index in [4.69, 9.17) is 23.2 Å². The topological polar surface area (TPSA) is 49.3 Å². The second-order valence-electron chi connectivity index (χ2n) is 4.86. The van der Waals surface area contributed by atoms with E-state index in [0.29, 0.717) is 15.6 Å². The van der Waals surface area contributed by atoms with Gasteiger partial charge in [0.2, 0.25) is 5.91 Å². The summed E-state index contributed by atoms with van der Waals surface area (Å²) in [4.78, 5) is 11.7. The molecule has 19 heavy (non-hydrogen) atoms. The van der Waals surface area contributed by atoms with Crippen LogP contribution in [0.15, 0.2) is 24.3 Å². The van der Waals surface area contributed by atoms with Crippen molar-refractivity contribution >= 4 is 35.2 Å². The first kappa shape index (κ1) is 16.0. The number of aliphatic hydroxyl groups is 1. The zero-order chi connectivity index (χ0) is 14.6. The lowest BCUT2D eigenvalue weighted by atomic mass is 9.99. The van der Waals surface area contributed by atoms with Gasteiger partial charge in [-0.05, 0) is 38.5 Å². The Morgan fingerprint density at radius 3 is 2.63 bits per heavy atom. The molecule has 0 bridgehead atoms. The van der Waals surface area contributed by atoms with Gasteiger partial charge in [0.1, 0.15) is 0 Å². The maximum atomic E-state index is 11.7. The summed E-state index contributed by atoms with van der Waals surface area (Å²) < 4.78 is 0. The minimum Gasteiger partial charge on any atom is -0.391 e. The number of amides is 1. The Morgan fingerprint density at radius 2 is 2.05 bits per heavy atom. The largest absolute Gasteiger partial charge is 0.391 e. The molecular weight excluding hydrogens is 285 g/mol. The third-order valence-electron chi connectivity index (χ3n) is 2.89. The van der Waals surface area contributed by atoms with Crippen LogP contribution in [0.5, 0.6) is 0 Å². The van der Waals surface area contributed by atoms with Crippen molar-refractivity contribution in [2.24, 2.45) is 0 Å². The van der Waals surface area contributed by atoms with Crippen LogP contribution in [0.2, 0.25) is 10.0 Å². The predicted molar refractivity (Wildman–Crippen MR) is 79.4 cm³/mol. The number of benzene rings is 1. The smallest absolute Gasteiger partial charge is 0.244 e. The van der Waals surface area contributed by atoms with E-state index in [1.165, 1.54) is 6.08 Å². The van der Waals surface area contributed by atoms with Crippen LogP contribution in [0.3, 0.4) is 0 Å². The maximum absolute atomic E-state index is 11.7. The van der Waals surface area contributed by atoms with Crippen LogP contribution in [0.25, 0.3) is 6.08 Å². The molecule has 0 fully saturated rings. The zero-order valence-electron chi connectivity index (χ0n) is 11.1. The summed E-state index contributed by atoms with van der Waals surface area (Å²) in [7, 11) is 0. The van der Waals surface area contributed by atoms with Crippen molar-refractivity contribution < 1.29 is 9.90 Å². The third-order valence-corrected chi connectivity index (χ3v) is 3.72. The number of hydrogen-bond donors (Lipinski definition) is 2. The lowest BCUT2D eigenvalue weighted by Gasteiger charge is -2.28. The van der Waals surface area contributed by atoms with E-state index in [1.54, 1.807) is 45.0 Å². The number of carbonyl (C=O) groups excluding carboxylic acids is 1. The van der Waals surface area contributed by atoms with E-state index in [9.17, 15) is 9.90 Å². The molecule has 1 aromatic rings. The molecule has 2 N–H and O–H groups in total. The Bertz CT molecular complexity index is 496. The van der Waals surface area contributed by atoms with Gasteiger partial charge in [-0.3, -0.25) is 4.79 Å². The van der Waals surface area contributed by atoms with Crippen LogP contribution in [0, 0.1) is 0 Å². The molecule has 1 rings (SSSR count). The Balaban J connectivity index is 2.77. The number of carbonyl (C=O) groups is 1. The molecule has 0 radical (unpaired) electrons. The van der Waals surface area contributed by atoms with E-state index in [-0.39, 0.29) is 5.91 Å². The minimum absolute atomic E-state index is 0.304. The summed E-state index contributed by atoms with van der Waals surface area (Å²) in [6, 6.07) is 5.20. The van der Waals surface area contributed by atoms with Crippen LogP contribution >= 0.6 is 23.2 Å². The third kappa shape index (κ3) is 4.53. The molecule has 0 saturated carbocycles. The maximum Gasteiger partial charge on any atom is 0.244 e. The molecule has 1 unspecified atom stereocenters. The number of halogens is 2. The van der Waals surface area contributed by atoms with Crippen LogP contribution in [0.1, 0.15) is 26.3 Å². The van der Waals surface area contributed by atoms with Gasteiger partial charge < -0.3 is 10.4 Å². The Kier molecular flexibility index (Phi) is 5.41. The van der Waals surface area contributed by atoms with Crippen molar-refractivity contribution in [2.45, 2.75) is 32.4 Å². The molecule has 1 atom stereocenters. The van der Waals surface area contributed by atoms with E-state index in [0.717, 1.165) is 0 Å². The van der Waals surface area contributed by atoms with E-state index < -0.39 is 11.6 Å². The van der Waals surface area contributed by atoms with Gasteiger partial charge in [0.05, 0.1) is 21.7 Å². The lowest BCUT2D eigenvalue weighted by molar-refractivity contribution is -0.119. The van der Waals surface area contributed by atoms with Crippen LogP contribution < -0.4 is 5.32 Å². The average molecular weight is 302 g/mol. The molecule has 0 aliphatic heterocycles. The zero-order valence-corrected chi connectivity index (χ0v) is 12.6. The van der Waals surface area contributed by atoms with Gasteiger partial charge in [0, 0.05) is 6.08 Å². The highest BCUT2D eigenvalue weighted by Crippen LogP contribution is 2.26. The molecule has 0 spiro atoms. The van der Waals surface area contributed by atoms with E-state index in [1.807, 2.05) is 0 Å². The predicted octanol–water partition coefficient (Wildman–Crippen LogP) is 3.28. The molecule has 0 aromatic heterocycles. The highest BCUT2D eigenvalue weighted by molar-refractivity contribution is 6.42. The number of aliphatic hydroxyl groups excluding tert-OH is 1. The number of nitrogens with one attached hydrogen (secondary N) is 1. The van der Waals surface area contributed by atoms with Gasteiger partial charge in [0.25, 0.3) is 0 Å². The second-order valence-corrected chi connectivity index (χ2v) is 5.65. The van der Waals surface area contributed by atoms with E-state index >= 15 is 0 Å². The summed E-state index contributed by atoms with van der Waals surface area (Å²) >= 11 is 11.9. The Morgan fingerprint density at radius 1 is 1.42 bits per heavy atom. The van der Waals surface area contributed by atoms with Crippen molar-refractivity contribution in [3.8, 4) is 0 Å². The molecule has 0 aliphatic carbocycles.